The molecule has 1 aromatic carbocycles. The molecule has 0 amide bonds. The zero-order valence-corrected chi connectivity index (χ0v) is 19.3. The maximum Gasteiger partial charge on any atom is 0.0983 e. The van der Waals surface area contributed by atoms with Crippen LogP contribution in [0.1, 0.15) is 22.8 Å². The summed E-state index contributed by atoms with van der Waals surface area (Å²) in [5, 5.41) is 0.826. The van der Waals surface area contributed by atoms with Crippen LogP contribution in [0.4, 0.5) is 0 Å². The van der Waals surface area contributed by atoms with Gasteiger partial charge in [0, 0.05) is 28.4 Å². The molecule has 1 N–H and O–H groups in total. The van der Waals surface area contributed by atoms with Gasteiger partial charge in [-0.2, -0.15) is 0 Å². The van der Waals surface area contributed by atoms with Crippen molar-refractivity contribution in [2.45, 2.75) is 0 Å². The second-order valence-electron chi connectivity index (χ2n) is 7.74. The van der Waals surface area contributed by atoms with Gasteiger partial charge in [0.1, 0.15) is 0 Å². The normalized spacial score (nSPS) is 12.5. The second kappa shape index (κ2) is 7.92. The Bertz CT molecular complexity index is 1640. The van der Waals surface area contributed by atoms with Gasteiger partial charge in [0.25, 0.3) is 0 Å². The lowest BCUT2D eigenvalue weighted by atomic mass is 10.1. The van der Waals surface area contributed by atoms with Crippen molar-refractivity contribution >= 4 is 81.3 Å². The minimum absolute atomic E-state index is 0.371. The highest BCUT2D eigenvalue weighted by Crippen LogP contribution is 2.42. The van der Waals surface area contributed by atoms with E-state index in [9.17, 15) is 0 Å². The summed E-state index contributed by atoms with van der Waals surface area (Å²) in [6.07, 6.45) is 7.68. The van der Waals surface area contributed by atoms with Gasteiger partial charge < -0.3 is 4.98 Å². The third-order valence-electron chi connectivity index (χ3n) is 5.55. The van der Waals surface area contributed by atoms with Crippen molar-refractivity contribution in [1.82, 2.24) is 19.0 Å². The van der Waals surface area contributed by atoms with Crippen LogP contribution in [0.2, 0.25) is 10.0 Å². The molecule has 0 radical (unpaired) electrons. The van der Waals surface area contributed by atoms with E-state index in [0.29, 0.717) is 26.8 Å². The number of fused-ring (bicyclic) bond motifs is 8. The average molecular weight is 490 g/mol. The van der Waals surface area contributed by atoms with Crippen molar-refractivity contribution in [2.75, 3.05) is 0 Å². The van der Waals surface area contributed by atoms with E-state index in [-0.39, 0.29) is 0 Å². The molecule has 160 valence electrons. The zero-order valence-electron chi connectivity index (χ0n) is 17.1. The molecule has 5 heterocycles. The SMILES string of the molecule is Clc1c2nc(cc3ccc(cc4nc(cc5c(-c6ccccc6)c(Cl)c1n5Cl)C=C4)[nH]3)C=C2. The summed E-state index contributed by atoms with van der Waals surface area (Å²) in [5.41, 5.74) is 7.73. The highest BCUT2D eigenvalue weighted by Gasteiger charge is 2.20. The first-order chi connectivity index (χ1) is 16.1. The van der Waals surface area contributed by atoms with Gasteiger partial charge in [0.2, 0.25) is 0 Å². The Morgan fingerprint density at radius 3 is 2.06 bits per heavy atom. The Balaban J connectivity index is 1.80. The van der Waals surface area contributed by atoms with E-state index < -0.39 is 0 Å². The van der Waals surface area contributed by atoms with Gasteiger partial charge in [-0.15, -0.1) is 0 Å². The lowest BCUT2D eigenvalue weighted by Crippen LogP contribution is -1.84. The lowest BCUT2D eigenvalue weighted by molar-refractivity contribution is 1.30. The van der Waals surface area contributed by atoms with Gasteiger partial charge in [-0.05, 0) is 60.2 Å². The van der Waals surface area contributed by atoms with Gasteiger partial charge >= 0.3 is 0 Å². The standard InChI is InChI=1S/C26H15Cl3N4/c27-24-21-11-10-19(32-21)13-18-7-6-16(30-18)12-17-8-9-20(31-17)14-22-23(15-4-2-1-3-5-15)25(28)26(24)33(22)29/h1-14,30H. The molecule has 0 spiro atoms. The molecule has 2 aliphatic rings. The van der Waals surface area contributed by atoms with Crippen LogP contribution in [-0.4, -0.2) is 19.0 Å². The van der Waals surface area contributed by atoms with Crippen LogP contribution in [0.25, 0.3) is 57.5 Å². The molecule has 7 heteroatoms. The topological polar surface area (TPSA) is 46.5 Å². The van der Waals surface area contributed by atoms with Gasteiger partial charge in [-0.3, -0.25) is 0 Å². The Kier molecular flexibility index (Phi) is 4.88. The van der Waals surface area contributed by atoms with Crippen molar-refractivity contribution in [3.63, 3.8) is 0 Å². The van der Waals surface area contributed by atoms with Crippen molar-refractivity contribution < 1.29 is 0 Å². The van der Waals surface area contributed by atoms with Crippen molar-refractivity contribution in [3.05, 3.63) is 93.5 Å². The molecule has 33 heavy (non-hydrogen) atoms. The van der Waals surface area contributed by atoms with E-state index in [1.165, 1.54) is 4.09 Å². The van der Waals surface area contributed by atoms with Crippen LogP contribution in [0, 0.1) is 0 Å². The summed E-state index contributed by atoms with van der Waals surface area (Å²) < 4.78 is 1.49. The van der Waals surface area contributed by atoms with Crippen molar-refractivity contribution in [2.24, 2.45) is 0 Å². The maximum atomic E-state index is 6.92. The predicted octanol–water partition coefficient (Wildman–Crippen LogP) is 8.10. The highest BCUT2D eigenvalue weighted by molar-refractivity contribution is 6.45. The first-order valence-electron chi connectivity index (χ1n) is 10.3. The number of hydrogen-bond donors (Lipinski definition) is 1. The fraction of sp³-hybridized carbons (Fsp3) is 0. The number of halogens is 3. The Hall–Kier alpha value is -3.31. The fourth-order valence-electron chi connectivity index (χ4n) is 4.04. The fourth-order valence-corrected chi connectivity index (χ4v) is 5.15. The molecule has 0 atom stereocenters. The summed E-state index contributed by atoms with van der Waals surface area (Å²) in [6.45, 7) is 0. The third-order valence-corrected chi connectivity index (χ3v) is 6.65. The molecule has 0 aliphatic carbocycles. The molecule has 0 saturated carbocycles. The Morgan fingerprint density at radius 2 is 1.33 bits per heavy atom. The van der Waals surface area contributed by atoms with Gasteiger partial charge in [0.05, 0.1) is 43.9 Å². The first-order valence-corrected chi connectivity index (χ1v) is 11.4. The molecule has 4 aromatic rings. The largest absolute Gasteiger partial charge is 0.355 e. The molecule has 2 aliphatic heterocycles. The number of aromatic nitrogens is 4. The number of nitrogens with one attached hydrogen (secondary N) is 1. The Labute approximate surface area is 204 Å². The minimum atomic E-state index is 0.371. The van der Waals surface area contributed by atoms with E-state index >= 15 is 0 Å². The van der Waals surface area contributed by atoms with Crippen LogP contribution in [0.5, 0.6) is 0 Å². The van der Waals surface area contributed by atoms with Gasteiger partial charge in [-0.25, -0.2) is 14.1 Å². The molecule has 0 unspecified atom stereocenters. The quantitative estimate of drug-likeness (QED) is 0.253. The Morgan fingerprint density at radius 1 is 0.697 bits per heavy atom. The average Bonchev–Trinajstić information content (AvgIpc) is 3.59. The van der Waals surface area contributed by atoms with Gasteiger partial charge in [-0.1, -0.05) is 53.5 Å². The van der Waals surface area contributed by atoms with E-state index in [2.05, 4.69) is 9.97 Å². The third kappa shape index (κ3) is 3.57. The van der Waals surface area contributed by atoms with Gasteiger partial charge in [0.15, 0.2) is 0 Å². The molecule has 0 saturated heterocycles. The summed E-state index contributed by atoms with van der Waals surface area (Å²) in [7, 11) is 0. The summed E-state index contributed by atoms with van der Waals surface area (Å²) in [5.74, 6) is 0. The maximum absolute atomic E-state index is 6.92. The number of benzene rings is 1. The zero-order chi connectivity index (χ0) is 22.5. The molecule has 8 bridgehead atoms. The smallest absolute Gasteiger partial charge is 0.0983 e. The summed E-state index contributed by atoms with van der Waals surface area (Å²) >= 11 is 20.6. The minimum Gasteiger partial charge on any atom is -0.355 e. The number of rotatable bonds is 1. The van der Waals surface area contributed by atoms with E-state index in [0.717, 1.165) is 39.2 Å². The predicted molar refractivity (Wildman–Crippen MR) is 139 cm³/mol. The van der Waals surface area contributed by atoms with E-state index in [1.54, 1.807) is 0 Å². The molecule has 3 aromatic heterocycles. The van der Waals surface area contributed by atoms with Crippen LogP contribution >= 0.6 is 35.0 Å². The van der Waals surface area contributed by atoms with Crippen molar-refractivity contribution in [3.8, 4) is 11.1 Å². The number of nitrogens with zero attached hydrogens (tertiary/aromatic N) is 3. The molecule has 0 fully saturated rings. The molecular weight excluding hydrogens is 475 g/mol. The molecule has 4 nitrogen and oxygen atoms in total. The van der Waals surface area contributed by atoms with Crippen LogP contribution in [-0.2, 0) is 0 Å². The van der Waals surface area contributed by atoms with Crippen molar-refractivity contribution in [1.29, 1.82) is 0 Å². The molecule has 6 rings (SSSR count). The van der Waals surface area contributed by atoms with Crippen LogP contribution in [0.15, 0.2) is 60.7 Å². The van der Waals surface area contributed by atoms with E-state index in [4.69, 9.17) is 40.0 Å². The van der Waals surface area contributed by atoms with Crippen LogP contribution < -0.4 is 0 Å². The first kappa shape index (κ1) is 20.3. The molecular formula is C26H15Cl3N4. The second-order valence-corrected chi connectivity index (χ2v) is 8.83. The highest BCUT2D eigenvalue weighted by atomic mass is 35.5. The summed E-state index contributed by atoms with van der Waals surface area (Å²) in [4.78, 5) is 12.8. The van der Waals surface area contributed by atoms with Crippen LogP contribution in [0.3, 0.4) is 0 Å². The number of hydrogen-bond acceptors (Lipinski definition) is 2. The number of H-pyrrole nitrogens is 1. The number of aromatic amines is 1. The summed E-state index contributed by atoms with van der Waals surface area (Å²) in [6, 6.07) is 19.7. The van der Waals surface area contributed by atoms with E-state index in [1.807, 2.05) is 85.0 Å². The lowest BCUT2D eigenvalue weighted by Gasteiger charge is -2.00. The monoisotopic (exact) mass is 488 g/mol.